The first-order valence-electron chi connectivity index (χ1n) is 9.35. The van der Waals surface area contributed by atoms with Gasteiger partial charge in [-0.15, -0.1) is 0 Å². The van der Waals surface area contributed by atoms with Crippen molar-refractivity contribution in [2.45, 2.75) is 32.4 Å². The van der Waals surface area contributed by atoms with Gasteiger partial charge in [0.05, 0.1) is 19.8 Å². The number of morpholine rings is 1. The Hall–Kier alpha value is -2.18. The van der Waals surface area contributed by atoms with E-state index >= 15 is 0 Å². The SMILES string of the molecule is C[C@@H](CC(=O)N1CCc2onc(-c3ccccc3)c2C1)N1CCOCC1. The molecule has 0 unspecified atom stereocenters. The average molecular weight is 355 g/mol. The minimum Gasteiger partial charge on any atom is -0.379 e. The van der Waals surface area contributed by atoms with Crippen LogP contribution in [0.3, 0.4) is 0 Å². The summed E-state index contributed by atoms with van der Waals surface area (Å²) in [6.07, 6.45) is 1.27. The Morgan fingerprint density at radius 3 is 2.73 bits per heavy atom. The summed E-state index contributed by atoms with van der Waals surface area (Å²) in [5.74, 6) is 1.11. The molecule has 0 spiro atoms. The quantitative estimate of drug-likeness (QED) is 0.842. The summed E-state index contributed by atoms with van der Waals surface area (Å²) < 4.78 is 10.9. The normalized spacial score (nSPS) is 19.2. The Balaban J connectivity index is 1.44. The van der Waals surface area contributed by atoms with Gasteiger partial charge in [-0.3, -0.25) is 9.69 Å². The van der Waals surface area contributed by atoms with Crippen molar-refractivity contribution in [1.82, 2.24) is 15.0 Å². The number of fused-ring (bicyclic) bond motifs is 1. The lowest BCUT2D eigenvalue weighted by Crippen LogP contribution is -2.45. The first-order valence-corrected chi connectivity index (χ1v) is 9.35. The van der Waals surface area contributed by atoms with Crippen molar-refractivity contribution in [3.63, 3.8) is 0 Å². The van der Waals surface area contributed by atoms with E-state index in [0.717, 1.165) is 55.3 Å². The number of amides is 1. The molecule has 26 heavy (non-hydrogen) atoms. The molecule has 1 aromatic heterocycles. The fourth-order valence-corrected chi connectivity index (χ4v) is 3.77. The molecule has 1 saturated heterocycles. The van der Waals surface area contributed by atoms with Gasteiger partial charge in [-0.25, -0.2) is 0 Å². The predicted octanol–water partition coefficient (Wildman–Crippen LogP) is 2.34. The van der Waals surface area contributed by atoms with Crippen LogP contribution in [0.4, 0.5) is 0 Å². The molecule has 2 aliphatic rings. The Bertz CT molecular complexity index is 753. The minimum atomic E-state index is 0.204. The van der Waals surface area contributed by atoms with Gasteiger partial charge in [-0.05, 0) is 6.92 Å². The van der Waals surface area contributed by atoms with Crippen LogP contribution in [-0.4, -0.2) is 59.8 Å². The Morgan fingerprint density at radius 2 is 1.96 bits per heavy atom. The van der Waals surface area contributed by atoms with Gasteiger partial charge in [-0.1, -0.05) is 35.5 Å². The zero-order valence-electron chi connectivity index (χ0n) is 15.2. The molecule has 0 radical (unpaired) electrons. The van der Waals surface area contributed by atoms with Gasteiger partial charge in [-0.2, -0.15) is 0 Å². The Kier molecular flexibility index (Phi) is 5.04. The highest BCUT2D eigenvalue weighted by molar-refractivity contribution is 5.77. The van der Waals surface area contributed by atoms with E-state index in [2.05, 4.69) is 17.0 Å². The highest BCUT2D eigenvalue weighted by Crippen LogP contribution is 2.30. The van der Waals surface area contributed by atoms with Gasteiger partial charge in [0.1, 0.15) is 11.5 Å². The van der Waals surface area contributed by atoms with Gasteiger partial charge in [0.25, 0.3) is 0 Å². The average Bonchev–Trinajstić information content (AvgIpc) is 3.12. The standard InChI is InChI=1S/C20H25N3O3/c1-15(22-9-11-25-12-10-22)13-19(24)23-8-7-18-17(14-23)20(21-26-18)16-5-3-2-4-6-16/h2-6,15H,7-14H2,1H3/t15-/m0/s1. The highest BCUT2D eigenvalue weighted by Gasteiger charge is 2.29. The van der Waals surface area contributed by atoms with Crippen molar-refractivity contribution < 1.29 is 14.1 Å². The van der Waals surface area contributed by atoms with Crippen LogP contribution in [0.5, 0.6) is 0 Å². The number of carbonyl (C=O) groups is 1. The van der Waals surface area contributed by atoms with Crippen LogP contribution in [0.1, 0.15) is 24.7 Å². The number of carbonyl (C=O) groups excluding carboxylic acids is 1. The second-order valence-corrected chi connectivity index (χ2v) is 7.07. The molecule has 1 aromatic carbocycles. The molecule has 0 aliphatic carbocycles. The van der Waals surface area contributed by atoms with Crippen molar-refractivity contribution in [3.05, 3.63) is 41.7 Å². The summed E-state index contributed by atoms with van der Waals surface area (Å²) in [6.45, 7) is 6.74. The lowest BCUT2D eigenvalue weighted by atomic mass is 10.0. The Labute approximate surface area is 153 Å². The summed E-state index contributed by atoms with van der Waals surface area (Å²) in [6, 6.07) is 10.3. The van der Waals surface area contributed by atoms with Crippen LogP contribution in [0, 0.1) is 0 Å². The number of nitrogens with zero attached hydrogens (tertiary/aromatic N) is 3. The molecule has 0 saturated carbocycles. The van der Waals surface area contributed by atoms with Crippen LogP contribution in [0.25, 0.3) is 11.3 Å². The van der Waals surface area contributed by atoms with E-state index in [1.807, 2.05) is 35.2 Å². The minimum absolute atomic E-state index is 0.204. The topological polar surface area (TPSA) is 58.8 Å². The summed E-state index contributed by atoms with van der Waals surface area (Å²) in [7, 11) is 0. The molecule has 1 fully saturated rings. The second kappa shape index (κ2) is 7.60. The number of hydrogen-bond acceptors (Lipinski definition) is 5. The maximum atomic E-state index is 12.8. The van der Waals surface area contributed by atoms with Gasteiger partial charge in [0, 0.05) is 49.6 Å². The summed E-state index contributed by atoms with van der Waals surface area (Å²) >= 11 is 0. The monoisotopic (exact) mass is 355 g/mol. The summed E-state index contributed by atoms with van der Waals surface area (Å²) in [4.78, 5) is 17.1. The van der Waals surface area contributed by atoms with Crippen LogP contribution in [-0.2, 0) is 22.5 Å². The number of aromatic nitrogens is 1. The number of rotatable bonds is 4. The second-order valence-electron chi connectivity index (χ2n) is 7.07. The van der Waals surface area contributed by atoms with E-state index in [1.165, 1.54) is 0 Å². The predicted molar refractivity (Wildman–Crippen MR) is 97.5 cm³/mol. The fraction of sp³-hybridized carbons (Fsp3) is 0.500. The molecular formula is C20H25N3O3. The fourth-order valence-electron chi connectivity index (χ4n) is 3.77. The molecule has 6 nitrogen and oxygen atoms in total. The number of benzene rings is 1. The molecule has 4 rings (SSSR count). The van der Waals surface area contributed by atoms with Crippen LogP contribution >= 0.6 is 0 Å². The van der Waals surface area contributed by atoms with Gasteiger partial charge < -0.3 is 14.2 Å². The lowest BCUT2D eigenvalue weighted by Gasteiger charge is -2.34. The van der Waals surface area contributed by atoms with Gasteiger partial charge in [0.15, 0.2) is 0 Å². The van der Waals surface area contributed by atoms with Crippen molar-refractivity contribution in [2.24, 2.45) is 0 Å². The molecule has 1 atom stereocenters. The molecular weight excluding hydrogens is 330 g/mol. The third-order valence-corrected chi connectivity index (χ3v) is 5.37. The lowest BCUT2D eigenvalue weighted by molar-refractivity contribution is -0.133. The van der Waals surface area contributed by atoms with Gasteiger partial charge in [0.2, 0.25) is 5.91 Å². The zero-order valence-corrected chi connectivity index (χ0v) is 15.2. The smallest absolute Gasteiger partial charge is 0.224 e. The van der Waals surface area contributed by atoms with Crippen LogP contribution in [0.2, 0.25) is 0 Å². The van der Waals surface area contributed by atoms with E-state index in [4.69, 9.17) is 9.26 Å². The highest BCUT2D eigenvalue weighted by atomic mass is 16.5. The van der Waals surface area contributed by atoms with Crippen molar-refractivity contribution in [2.75, 3.05) is 32.8 Å². The van der Waals surface area contributed by atoms with Gasteiger partial charge >= 0.3 is 0 Å². The van der Waals surface area contributed by atoms with E-state index in [0.29, 0.717) is 19.5 Å². The first kappa shape index (κ1) is 17.2. The Morgan fingerprint density at radius 1 is 1.19 bits per heavy atom. The van der Waals surface area contributed by atoms with E-state index < -0.39 is 0 Å². The van der Waals surface area contributed by atoms with Crippen molar-refractivity contribution in [1.29, 1.82) is 0 Å². The largest absolute Gasteiger partial charge is 0.379 e. The number of ether oxygens (including phenoxy) is 1. The van der Waals surface area contributed by atoms with Crippen molar-refractivity contribution in [3.8, 4) is 11.3 Å². The molecule has 2 aromatic rings. The molecule has 2 aliphatic heterocycles. The van der Waals surface area contributed by atoms with Crippen molar-refractivity contribution >= 4 is 5.91 Å². The van der Waals surface area contributed by atoms with E-state index in [9.17, 15) is 4.79 Å². The van der Waals surface area contributed by atoms with Crippen LogP contribution in [0.15, 0.2) is 34.9 Å². The molecule has 0 N–H and O–H groups in total. The summed E-state index contributed by atoms with van der Waals surface area (Å²) in [5, 5.41) is 4.26. The molecule has 6 heteroatoms. The molecule has 1 amide bonds. The summed E-state index contributed by atoms with van der Waals surface area (Å²) in [5.41, 5.74) is 2.95. The zero-order chi connectivity index (χ0) is 17.9. The van der Waals surface area contributed by atoms with E-state index in [1.54, 1.807) is 0 Å². The number of hydrogen-bond donors (Lipinski definition) is 0. The molecule has 138 valence electrons. The maximum absolute atomic E-state index is 12.8. The molecule has 0 bridgehead atoms. The van der Waals surface area contributed by atoms with Crippen LogP contribution < -0.4 is 0 Å². The first-order chi connectivity index (χ1) is 12.7. The molecule has 3 heterocycles. The third-order valence-electron chi connectivity index (χ3n) is 5.37. The van der Waals surface area contributed by atoms with E-state index in [-0.39, 0.29) is 11.9 Å². The third kappa shape index (κ3) is 3.52. The maximum Gasteiger partial charge on any atom is 0.224 e.